The summed E-state index contributed by atoms with van der Waals surface area (Å²) in [5, 5.41) is 5.93. The fraction of sp³-hybridized carbons (Fsp3) is 0.364. The highest BCUT2D eigenvalue weighted by Gasteiger charge is 2.22. The van der Waals surface area contributed by atoms with Gasteiger partial charge in [0.25, 0.3) is 5.91 Å². The van der Waals surface area contributed by atoms with Gasteiger partial charge >= 0.3 is 0 Å². The first-order valence-electron chi connectivity index (χ1n) is 9.64. The molecule has 2 amide bonds. The maximum absolute atomic E-state index is 12.1. The van der Waals surface area contributed by atoms with Gasteiger partial charge in [0.2, 0.25) is 5.91 Å². The molecular formula is C22H27N3O3. The highest BCUT2D eigenvalue weighted by Crippen LogP contribution is 2.13. The monoisotopic (exact) mass is 381 g/mol. The lowest BCUT2D eigenvalue weighted by molar-refractivity contribution is -0.124. The third-order valence-corrected chi connectivity index (χ3v) is 4.74. The van der Waals surface area contributed by atoms with Crippen molar-refractivity contribution in [3.8, 4) is 5.75 Å². The van der Waals surface area contributed by atoms with E-state index in [0.717, 1.165) is 37.2 Å². The van der Waals surface area contributed by atoms with E-state index in [9.17, 15) is 9.59 Å². The lowest BCUT2D eigenvalue weighted by Crippen LogP contribution is -2.47. The number of hydrogen-bond acceptors (Lipinski definition) is 4. The zero-order valence-corrected chi connectivity index (χ0v) is 16.2. The van der Waals surface area contributed by atoms with Crippen molar-refractivity contribution in [2.45, 2.75) is 25.8 Å². The molecule has 0 aromatic heterocycles. The van der Waals surface area contributed by atoms with Crippen LogP contribution in [0.15, 0.2) is 54.6 Å². The quantitative estimate of drug-likeness (QED) is 0.773. The van der Waals surface area contributed by atoms with Crippen molar-refractivity contribution in [1.29, 1.82) is 0 Å². The Morgan fingerprint density at radius 2 is 1.79 bits per heavy atom. The molecule has 148 valence electrons. The van der Waals surface area contributed by atoms with Crippen LogP contribution in [-0.2, 0) is 9.59 Å². The van der Waals surface area contributed by atoms with E-state index in [0.29, 0.717) is 12.3 Å². The molecule has 1 aliphatic heterocycles. The Morgan fingerprint density at radius 1 is 1.04 bits per heavy atom. The second kappa shape index (κ2) is 9.90. The summed E-state index contributed by atoms with van der Waals surface area (Å²) in [5.74, 6) is 0.580. The van der Waals surface area contributed by atoms with Gasteiger partial charge in [0.05, 0.1) is 6.54 Å². The van der Waals surface area contributed by atoms with Gasteiger partial charge in [-0.2, -0.15) is 0 Å². The number of carbonyl (C=O) groups excluding carboxylic acids is 2. The molecule has 0 bridgehead atoms. The van der Waals surface area contributed by atoms with Crippen molar-refractivity contribution in [1.82, 2.24) is 10.2 Å². The molecule has 0 unspecified atom stereocenters. The molecule has 0 saturated carbocycles. The van der Waals surface area contributed by atoms with Crippen molar-refractivity contribution in [3.05, 3.63) is 60.2 Å². The van der Waals surface area contributed by atoms with E-state index in [1.807, 2.05) is 61.5 Å². The van der Waals surface area contributed by atoms with Crippen molar-refractivity contribution in [2.75, 3.05) is 31.6 Å². The number of piperidine rings is 1. The molecule has 3 rings (SSSR count). The molecule has 1 fully saturated rings. The van der Waals surface area contributed by atoms with Gasteiger partial charge in [-0.1, -0.05) is 30.3 Å². The van der Waals surface area contributed by atoms with Gasteiger partial charge < -0.3 is 15.4 Å². The number of rotatable bonds is 7. The molecule has 0 aliphatic carbocycles. The number of amides is 2. The third kappa shape index (κ3) is 6.39. The van der Waals surface area contributed by atoms with Crippen molar-refractivity contribution < 1.29 is 14.3 Å². The molecular weight excluding hydrogens is 354 g/mol. The first-order chi connectivity index (χ1) is 13.6. The summed E-state index contributed by atoms with van der Waals surface area (Å²) in [6.07, 6.45) is 1.66. The van der Waals surface area contributed by atoms with Crippen LogP contribution in [0.4, 0.5) is 5.69 Å². The summed E-state index contributed by atoms with van der Waals surface area (Å²) in [6.45, 7) is 3.94. The molecule has 0 radical (unpaired) electrons. The second-order valence-electron chi connectivity index (χ2n) is 7.14. The lowest BCUT2D eigenvalue weighted by atomic mass is 10.1. The second-order valence-corrected chi connectivity index (χ2v) is 7.14. The van der Waals surface area contributed by atoms with E-state index in [4.69, 9.17) is 4.74 Å². The first kappa shape index (κ1) is 19.9. The van der Waals surface area contributed by atoms with Crippen LogP contribution in [0.2, 0.25) is 0 Å². The zero-order chi connectivity index (χ0) is 19.8. The predicted octanol–water partition coefficient (Wildman–Crippen LogP) is 2.59. The van der Waals surface area contributed by atoms with E-state index in [-0.39, 0.29) is 24.5 Å². The van der Waals surface area contributed by atoms with Crippen molar-refractivity contribution >= 4 is 17.5 Å². The van der Waals surface area contributed by atoms with E-state index in [1.165, 1.54) is 0 Å². The van der Waals surface area contributed by atoms with Gasteiger partial charge in [0.15, 0.2) is 6.61 Å². The molecule has 0 atom stereocenters. The molecule has 0 spiro atoms. The topological polar surface area (TPSA) is 70.7 Å². The van der Waals surface area contributed by atoms with Gasteiger partial charge in [-0.05, 0) is 49.6 Å². The zero-order valence-electron chi connectivity index (χ0n) is 16.2. The average Bonchev–Trinajstić information content (AvgIpc) is 2.69. The van der Waals surface area contributed by atoms with Crippen LogP contribution in [0.1, 0.15) is 18.4 Å². The molecule has 6 nitrogen and oxygen atoms in total. The highest BCUT2D eigenvalue weighted by atomic mass is 16.5. The van der Waals surface area contributed by atoms with Gasteiger partial charge in [-0.15, -0.1) is 0 Å². The summed E-state index contributed by atoms with van der Waals surface area (Å²) in [4.78, 5) is 26.4. The van der Waals surface area contributed by atoms with Gasteiger partial charge in [0, 0.05) is 24.8 Å². The first-order valence-corrected chi connectivity index (χ1v) is 9.64. The molecule has 1 heterocycles. The maximum Gasteiger partial charge on any atom is 0.258 e. The lowest BCUT2D eigenvalue weighted by Gasteiger charge is -2.31. The van der Waals surface area contributed by atoms with Crippen molar-refractivity contribution in [3.63, 3.8) is 0 Å². The number of carbonyl (C=O) groups is 2. The van der Waals surface area contributed by atoms with Crippen LogP contribution in [0.5, 0.6) is 5.75 Å². The Balaban J connectivity index is 1.34. The Hall–Kier alpha value is -2.86. The van der Waals surface area contributed by atoms with E-state index < -0.39 is 0 Å². The SMILES string of the molecule is Cc1cccc(OCC(=O)NC2CCN(CC(=O)Nc3ccccc3)CC2)c1. The molecule has 1 aliphatic rings. The number of likely N-dealkylation sites (tertiary alicyclic amines) is 1. The van der Waals surface area contributed by atoms with E-state index in [1.54, 1.807) is 0 Å². The molecule has 6 heteroatoms. The van der Waals surface area contributed by atoms with Crippen LogP contribution in [0, 0.1) is 6.92 Å². The van der Waals surface area contributed by atoms with Gasteiger partial charge in [0.1, 0.15) is 5.75 Å². The largest absolute Gasteiger partial charge is 0.484 e. The number of aryl methyl sites for hydroxylation is 1. The number of nitrogens with one attached hydrogen (secondary N) is 2. The maximum atomic E-state index is 12.1. The molecule has 2 N–H and O–H groups in total. The fourth-order valence-corrected chi connectivity index (χ4v) is 3.28. The minimum absolute atomic E-state index is 0.0137. The minimum atomic E-state index is -0.109. The number of nitrogens with zero attached hydrogens (tertiary/aromatic N) is 1. The molecule has 2 aromatic carbocycles. The molecule has 2 aromatic rings. The molecule has 1 saturated heterocycles. The van der Waals surface area contributed by atoms with Crippen LogP contribution >= 0.6 is 0 Å². The summed E-state index contributed by atoms with van der Waals surface area (Å²) in [5.41, 5.74) is 1.91. The average molecular weight is 381 g/mol. The summed E-state index contributed by atoms with van der Waals surface area (Å²) in [6, 6.07) is 17.2. The van der Waals surface area contributed by atoms with Crippen molar-refractivity contribution in [2.24, 2.45) is 0 Å². The Kier molecular flexibility index (Phi) is 7.03. The normalized spacial score (nSPS) is 15.0. The fourth-order valence-electron chi connectivity index (χ4n) is 3.28. The highest BCUT2D eigenvalue weighted by molar-refractivity contribution is 5.92. The Labute approximate surface area is 165 Å². The van der Waals surface area contributed by atoms with Crippen LogP contribution in [0.3, 0.4) is 0 Å². The van der Waals surface area contributed by atoms with Gasteiger partial charge in [-0.3, -0.25) is 14.5 Å². The van der Waals surface area contributed by atoms with E-state index in [2.05, 4.69) is 15.5 Å². The Bertz CT molecular complexity index is 787. The predicted molar refractivity (Wildman–Crippen MR) is 109 cm³/mol. The van der Waals surface area contributed by atoms with Crippen LogP contribution in [0.25, 0.3) is 0 Å². The minimum Gasteiger partial charge on any atom is -0.484 e. The number of hydrogen-bond donors (Lipinski definition) is 2. The van der Waals surface area contributed by atoms with Gasteiger partial charge in [-0.25, -0.2) is 0 Å². The third-order valence-electron chi connectivity index (χ3n) is 4.74. The smallest absolute Gasteiger partial charge is 0.258 e. The van der Waals surface area contributed by atoms with Crippen LogP contribution in [-0.4, -0.2) is 49.0 Å². The Morgan fingerprint density at radius 3 is 2.50 bits per heavy atom. The van der Waals surface area contributed by atoms with E-state index >= 15 is 0 Å². The number of para-hydroxylation sites is 1. The number of ether oxygens (including phenoxy) is 1. The van der Waals surface area contributed by atoms with Crippen LogP contribution < -0.4 is 15.4 Å². The summed E-state index contributed by atoms with van der Waals surface area (Å²) in [7, 11) is 0. The standard InChI is InChI=1S/C22H27N3O3/c1-17-6-5-9-20(14-17)28-16-22(27)24-19-10-12-25(13-11-19)15-21(26)23-18-7-3-2-4-8-18/h2-9,14,19H,10-13,15-16H2,1H3,(H,23,26)(H,24,27). The summed E-state index contributed by atoms with van der Waals surface area (Å²) >= 11 is 0. The number of anilines is 1. The molecule has 28 heavy (non-hydrogen) atoms. The number of benzene rings is 2. The summed E-state index contributed by atoms with van der Waals surface area (Å²) < 4.78 is 5.55.